The average Bonchev–Trinajstić information content (AvgIpc) is 2.57. The smallest absolute Gasteiger partial charge is 0.0792 e. The molecule has 2 aliphatic heterocycles. The predicted octanol–water partition coefficient (Wildman–Crippen LogP) is 1.05. The Balaban J connectivity index is 1.95. The van der Waals surface area contributed by atoms with Crippen molar-refractivity contribution >= 4 is 11.5 Å². The standard InChI is InChI=1S/C8H19N3S/c1-8-9(2)12(10(8)3)11-6-4-5-7-11/h8,12H,4-7H2,1-3H3. The maximum atomic E-state index is 2.63. The van der Waals surface area contributed by atoms with Crippen LogP contribution in [0.2, 0.25) is 0 Å². The van der Waals surface area contributed by atoms with Crippen molar-refractivity contribution in [1.29, 1.82) is 0 Å². The van der Waals surface area contributed by atoms with Crippen LogP contribution in [-0.4, -0.2) is 46.3 Å². The van der Waals surface area contributed by atoms with Gasteiger partial charge in [-0.25, -0.2) is 12.9 Å². The lowest BCUT2D eigenvalue weighted by atomic mass is 10.4. The van der Waals surface area contributed by atoms with Gasteiger partial charge in [0.25, 0.3) is 0 Å². The van der Waals surface area contributed by atoms with E-state index in [1.807, 2.05) is 0 Å². The lowest BCUT2D eigenvalue weighted by Gasteiger charge is -2.59. The van der Waals surface area contributed by atoms with Crippen molar-refractivity contribution in [1.82, 2.24) is 12.9 Å². The molecule has 0 atom stereocenters. The predicted molar refractivity (Wildman–Crippen MR) is 54.8 cm³/mol. The second-order valence-corrected chi connectivity index (χ2v) is 6.07. The molecule has 0 bridgehead atoms. The van der Waals surface area contributed by atoms with E-state index in [9.17, 15) is 0 Å². The highest BCUT2D eigenvalue weighted by atomic mass is 32.2. The largest absolute Gasteiger partial charge is 0.247 e. The number of hydrogen-bond acceptors (Lipinski definition) is 3. The van der Waals surface area contributed by atoms with E-state index in [1.54, 1.807) is 0 Å². The van der Waals surface area contributed by atoms with Gasteiger partial charge in [-0.2, -0.15) is 0 Å². The molecule has 0 aromatic carbocycles. The minimum Gasteiger partial charge on any atom is -0.247 e. The summed E-state index contributed by atoms with van der Waals surface area (Å²) in [5.41, 5.74) is 0. The zero-order chi connectivity index (χ0) is 8.72. The molecular formula is C8H19N3S. The van der Waals surface area contributed by atoms with Gasteiger partial charge in [-0.1, -0.05) is 11.5 Å². The first-order valence-corrected chi connectivity index (χ1v) is 5.92. The summed E-state index contributed by atoms with van der Waals surface area (Å²) < 4.78 is 7.64. The third-order valence-electron chi connectivity index (χ3n) is 2.98. The van der Waals surface area contributed by atoms with Gasteiger partial charge in [0.05, 0.1) is 6.17 Å². The van der Waals surface area contributed by atoms with Gasteiger partial charge in [-0.05, 0) is 33.9 Å². The van der Waals surface area contributed by atoms with E-state index < -0.39 is 0 Å². The number of thiol groups is 1. The molecule has 12 heavy (non-hydrogen) atoms. The zero-order valence-electron chi connectivity index (χ0n) is 8.19. The Morgan fingerprint density at radius 1 is 1.08 bits per heavy atom. The molecule has 3 nitrogen and oxygen atoms in total. The van der Waals surface area contributed by atoms with E-state index in [4.69, 9.17) is 0 Å². The van der Waals surface area contributed by atoms with Crippen LogP contribution in [0.5, 0.6) is 0 Å². The molecule has 4 heteroatoms. The second-order valence-electron chi connectivity index (χ2n) is 3.71. The van der Waals surface area contributed by atoms with Gasteiger partial charge in [0.15, 0.2) is 0 Å². The fourth-order valence-electron chi connectivity index (χ4n) is 1.99. The Labute approximate surface area is 78.1 Å². The summed E-state index contributed by atoms with van der Waals surface area (Å²) in [5, 5.41) is 0. The monoisotopic (exact) mass is 189 g/mol. The van der Waals surface area contributed by atoms with Crippen molar-refractivity contribution in [3.05, 3.63) is 0 Å². The topological polar surface area (TPSA) is 9.72 Å². The molecule has 2 fully saturated rings. The van der Waals surface area contributed by atoms with E-state index in [2.05, 4.69) is 33.9 Å². The minimum atomic E-state index is -0.0607. The molecule has 0 unspecified atom stereocenters. The van der Waals surface area contributed by atoms with Crippen LogP contribution in [-0.2, 0) is 0 Å². The van der Waals surface area contributed by atoms with Crippen molar-refractivity contribution in [2.75, 3.05) is 27.2 Å². The molecule has 0 aliphatic carbocycles. The quantitative estimate of drug-likeness (QED) is 0.618. The van der Waals surface area contributed by atoms with Gasteiger partial charge in [0, 0.05) is 13.1 Å². The summed E-state index contributed by atoms with van der Waals surface area (Å²) >= 11 is -0.0607. The summed E-state index contributed by atoms with van der Waals surface area (Å²) in [4.78, 5) is 0. The van der Waals surface area contributed by atoms with Crippen molar-refractivity contribution in [3.8, 4) is 0 Å². The second kappa shape index (κ2) is 3.18. The van der Waals surface area contributed by atoms with Crippen LogP contribution in [0.25, 0.3) is 0 Å². The van der Waals surface area contributed by atoms with Gasteiger partial charge in [0.1, 0.15) is 0 Å². The van der Waals surface area contributed by atoms with Gasteiger partial charge in [-0.15, -0.1) is 0 Å². The van der Waals surface area contributed by atoms with E-state index >= 15 is 0 Å². The van der Waals surface area contributed by atoms with Crippen LogP contribution < -0.4 is 0 Å². The lowest BCUT2D eigenvalue weighted by molar-refractivity contribution is 0.182. The Kier molecular flexibility index (Phi) is 2.33. The molecule has 72 valence electrons. The van der Waals surface area contributed by atoms with Crippen LogP contribution in [0.15, 0.2) is 0 Å². The molecule has 0 aromatic rings. The molecule has 0 saturated carbocycles. The molecule has 0 radical (unpaired) electrons. The molecule has 0 amide bonds. The molecule has 0 spiro atoms. The highest BCUT2D eigenvalue weighted by Gasteiger charge is 2.39. The van der Waals surface area contributed by atoms with E-state index in [-0.39, 0.29) is 11.5 Å². The van der Waals surface area contributed by atoms with Gasteiger partial charge < -0.3 is 0 Å². The van der Waals surface area contributed by atoms with Gasteiger partial charge in [-0.3, -0.25) is 0 Å². The van der Waals surface area contributed by atoms with Gasteiger partial charge >= 0.3 is 0 Å². The van der Waals surface area contributed by atoms with Crippen LogP contribution in [0.1, 0.15) is 19.8 Å². The van der Waals surface area contributed by atoms with Crippen LogP contribution in [0.3, 0.4) is 0 Å². The Morgan fingerprint density at radius 3 is 2.08 bits per heavy atom. The first kappa shape index (κ1) is 8.81. The van der Waals surface area contributed by atoms with E-state index in [0.717, 1.165) is 0 Å². The maximum absolute atomic E-state index is 2.63. The lowest BCUT2D eigenvalue weighted by Crippen LogP contribution is -2.56. The molecule has 0 aromatic heterocycles. The Hall–Kier alpha value is 0.230. The van der Waals surface area contributed by atoms with Crippen LogP contribution >= 0.6 is 11.5 Å². The normalized spacial score (nSPS) is 43.2. The fourth-order valence-corrected chi connectivity index (χ4v) is 4.63. The highest BCUT2D eigenvalue weighted by molar-refractivity contribution is 8.11. The Morgan fingerprint density at radius 2 is 1.58 bits per heavy atom. The number of nitrogens with zero attached hydrogens (tertiary/aromatic N) is 3. The number of rotatable bonds is 1. The maximum Gasteiger partial charge on any atom is 0.0792 e. The summed E-state index contributed by atoms with van der Waals surface area (Å²) in [5.74, 6) is 0. The summed E-state index contributed by atoms with van der Waals surface area (Å²) in [6.07, 6.45) is 3.45. The highest BCUT2D eigenvalue weighted by Crippen LogP contribution is 2.50. The summed E-state index contributed by atoms with van der Waals surface area (Å²) in [6.45, 7) is 4.90. The molecule has 2 aliphatic rings. The van der Waals surface area contributed by atoms with Crippen LogP contribution in [0, 0.1) is 0 Å². The Bertz CT molecular complexity index is 160. The van der Waals surface area contributed by atoms with E-state index in [0.29, 0.717) is 6.17 Å². The third-order valence-corrected chi connectivity index (χ3v) is 5.68. The molecule has 2 saturated heterocycles. The molecular weight excluding hydrogens is 170 g/mol. The van der Waals surface area contributed by atoms with Crippen molar-refractivity contribution in [2.45, 2.75) is 25.9 Å². The first-order valence-electron chi connectivity index (χ1n) is 4.72. The fraction of sp³-hybridized carbons (Fsp3) is 1.00. The molecule has 0 N–H and O–H groups in total. The third kappa shape index (κ3) is 1.18. The molecule has 2 rings (SSSR count). The minimum absolute atomic E-state index is 0.0607. The summed E-state index contributed by atoms with van der Waals surface area (Å²) in [6, 6.07) is 0. The zero-order valence-corrected chi connectivity index (χ0v) is 9.09. The van der Waals surface area contributed by atoms with E-state index in [1.165, 1.54) is 25.9 Å². The van der Waals surface area contributed by atoms with Crippen molar-refractivity contribution in [3.63, 3.8) is 0 Å². The first-order chi connectivity index (χ1) is 5.72. The molecule has 2 heterocycles. The summed E-state index contributed by atoms with van der Waals surface area (Å²) in [7, 11) is 4.49. The average molecular weight is 189 g/mol. The SMILES string of the molecule is CC1N(C)[SH](N2CCCC2)N1C. The van der Waals surface area contributed by atoms with Gasteiger partial charge in [0.2, 0.25) is 0 Å². The van der Waals surface area contributed by atoms with Crippen LogP contribution in [0.4, 0.5) is 0 Å². The van der Waals surface area contributed by atoms with Crippen molar-refractivity contribution in [2.24, 2.45) is 0 Å². The number of hydrogen-bond donors (Lipinski definition) is 1. The van der Waals surface area contributed by atoms with Crippen molar-refractivity contribution < 1.29 is 0 Å².